The minimum Gasteiger partial charge on any atom is -0.378 e. The monoisotopic (exact) mass is 286 g/mol. The molecule has 5 heteroatoms. The first-order chi connectivity index (χ1) is 10.1. The van der Waals surface area contributed by atoms with Gasteiger partial charge in [0.1, 0.15) is 5.82 Å². The number of carbonyl (C=O) groups is 1. The Hall–Kier alpha value is -2.30. The molecule has 0 aliphatic heterocycles. The van der Waals surface area contributed by atoms with Crippen molar-refractivity contribution < 1.29 is 4.79 Å². The molecule has 2 aromatic rings. The summed E-state index contributed by atoms with van der Waals surface area (Å²) in [5, 5.41) is 3.35. The summed E-state index contributed by atoms with van der Waals surface area (Å²) in [6.45, 7) is 3.71. The zero-order valence-corrected chi connectivity index (χ0v) is 12.8. The number of hydrogen-bond acceptors (Lipinski definition) is 3. The Bertz CT molecular complexity index is 587. The number of amides is 1. The minimum absolute atomic E-state index is 0.112. The number of rotatable bonds is 6. The fraction of sp³-hybridized carbons (Fsp3) is 0.375. The van der Waals surface area contributed by atoms with Crippen molar-refractivity contribution in [1.29, 1.82) is 0 Å². The van der Waals surface area contributed by atoms with Crippen LogP contribution in [0.1, 0.15) is 18.3 Å². The van der Waals surface area contributed by atoms with Gasteiger partial charge in [-0.1, -0.05) is 12.1 Å². The summed E-state index contributed by atoms with van der Waals surface area (Å²) < 4.78 is 2.11. The SMILES string of the molecule is CCn1ccnc1CNc1ccc(CC(=O)N(C)C)cc1. The maximum absolute atomic E-state index is 11.6. The number of likely N-dealkylation sites (N-methyl/N-ethyl adjacent to an activating group) is 1. The number of benzene rings is 1. The molecule has 1 amide bonds. The van der Waals surface area contributed by atoms with Crippen LogP contribution in [0.5, 0.6) is 0 Å². The highest BCUT2D eigenvalue weighted by atomic mass is 16.2. The molecule has 112 valence electrons. The molecule has 0 spiro atoms. The first-order valence-corrected chi connectivity index (χ1v) is 7.13. The van der Waals surface area contributed by atoms with Gasteiger partial charge in [-0.2, -0.15) is 0 Å². The lowest BCUT2D eigenvalue weighted by Crippen LogP contribution is -2.23. The van der Waals surface area contributed by atoms with E-state index in [1.807, 2.05) is 36.7 Å². The van der Waals surface area contributed by atoms with Crippen molar-refractivity contribution in [2.75, 3.05) is 19.4 Å². The van der Waals surface area contributed by atoms with E-state index >= 15 is 0 Å². The molecule has 0 atom stereocenters. The third-order valence-electron chi connectivity index (χ3n) is 3.40. The number of aryl methyl sites for hydroxylation is 1. The molecule has 2 rings (SSSR count). The Morgan fingerprint density at radius 2 is 2.00 bits per heavy atom. The molecule has 0 bridgehead atoms. The summed E-state index contributed by atoms with van der Waals surface area (Å²) in [6, 6.07) is 7.96. The first kappa shape index (κ1) is 15.1. The van der Waals surface area contributed by atoms with Crippen LogP contribution < -0.4 is 5.32 Å². The number of carbonyl (C=O) groups excluding carboxylic acids is 1. The van der Waals surface area contributed by atoms with Crippen LogP contribution in [0.3, 0.4) is 0 Å². The van der Waals surface area contributed by atoms with E-state index in [1.165, 1.54) is 0 Å². The van der Waals surface area contributed by atoms with E-state index in [1.54, 1.807) is 19.0 Å². The van der Waals surface area contributed by atoms with E-state index < -0.39 is 0 Å². The fourth-order valence-corrected chi connectivity index (χ4v) is 2.05. The van der Waals surface area contributed by atoms with Gasteiger partial charge in [-0.05, 0) is 24.6 Å². The fourth-order valence-electron chi connectivity index (χ4n) is 2.05. The smallest absolute Gasteiger partial charge is 0.226 e. The molecule has 5 nitrogen and oxygen atoms in total. The van der Waals surface area contributed by atoms with E-state index in [4.69, 9.17) is 0 Å². The van der Waals surface area contributed by atoms with Crippen molar-refractivity contribution in [2.24, 2.45) is 0 Å². The Labute approximate surface area is 125 Å². The van der Waals surface area contributed by atoms with Gasteiger partial charge >= 0.3 is 0 Å². The Kier molecular flexibility index (Phi) is 4.98. The predicted octanol–water partition coefficient (Wildman–Crippen LogP) is 2.15. The Morgan fingerprint density at radius 3 is 2.62 bits per heavy atom. The zero-order valence-electron chi connectivity index (χ0n) is 12.8. The summed E-state index contributed by atoms with van der Waals surface area (Å²) in [5.41, 5.74) is 2.05. The quantitative estimate of drug-likeness (QED) is 0.885. The highest BCUT2D eigenvalue weighted by Crippen LogP contribution is 2.12. The zero-order chi connectivity index (χ0) is 15.2. The van der Waals surface area contributed by atoms with Crippen LogP contribution in [0, 0.1) is 0 Å². The van der Waals surface area contributed by atoms with Gasteiger partial charge in [-0.25, -0.2) is 4.98 Å². The molecular formula is C16H22N4O. The van der Waals surface area contributed by atoms with E-state index in [2.05, 4.69) is 21.8 Å². The van der Waals surface area contributed by atoms with E-state index in [0.717, 1.165) is 23.6 Å². The molecule has 0 unspecified atom stereocenters. The van der Waals surface area contributed by atoms with Crippen LogP contribution >= 0.6 is 0 Å². The second kappa shape index (κ2) is 6.92. The Morgan fingerprint density at radius 1 is 1.29 bits per heavy atom. The van der Waals surface area contributed by atoms with Gasteiger partial charge in [0, 0.05) is 38.7 Å². The third-order valence-corrected chi connectivity index (χ3v) is 3.40. The van der Waals surface area contributed by atoms with Crippen molar-refractivity contribution in [3.63, 3.8) is 0 Å². The molecular weight excluding hydrogens is 264 g/mol. The number of aromatic nitrogens is 2. The number of hydrogen-bond donors (Lipinski definition) is 1. The number of anilines is 1. The van der Waals surface area contributed by atoms with Gasteiger partial charge in [0.2, 0.25) is 5.91 Å². The standard InChI is InChI=1S/C16H22N4O/c1-4-20-10-9-17-15(20)12-18-14-7-5-13(6-8-14)11-16(21)19(2)3/h5-10,18H,4,11-12H2,1-3H3. The van der Waals surface area contributed by atoms with Crippen LogP contribution in [-0.2, 0) is 24.3 Å². The molecule has 0 aliphatic carbocycles. The van der Waals surface area contributed by atoms with Crippen LogP contribution in [0.15, 0.2) is 36.7 Å². The summed E-state index contributed by atoms with van der Waals surface area (Å²) in [6.07, 6.45) is 4.23. The summed E-state index contributed by atoms with van der Waals surface area (Å²) in [4.78, 5) is 17.6. The van der Waals surface area contributed by atoms with E-state index in [-0.39, 0.29) is 5.91 Å². The minimum atomic E-state index is 0.112. The topological polar surface area (TPSA) is 50.2 Å². The van der Waals surface area contributed by atoms with E-state index in [9.17, 15) is 4.79 Å². The molecule has 0 fully saturated rings. The van der Waals surface area contributed by atoms with Gasteiger partial charge in [0.15, 0.2) is 0 Å². The molecule has 1 aromatic heterocycles. The summed E-state index contributed by atoms with van der Waals surface area (Å²) >= 11 is 0. The van der Waals surface area contributed by atoms with Gasteiger partial charge in [0.05, 0.1) is 13.0 Å². The molecule has 21 heavy (non-hydrogen) atoms. The third kappa shape index (κ3) is 4.08. The van der Waals surface area contributed by atoms with Crippen LogP contribution in [-0.4, -0.2) is 34.5 Å². The number of imidazole rings is 1. The average Bonchev–Trinajstić information content (AvgIpc) is 2.94. The molecule has 0 aliphatic rings. The lowest BCUT2D eigenvalue weighted by atomic mass is 10.1. The Balaban J connectivity index is 1.92. The maximum Gasteiger partial charge on any atom is 0.226 e. The van der Waals surface area contributed by atoms with Crippen molar-refractivity contribution in [3.8, 4) is 0 Å². The normalized spacial score (nSPS) is 10.4. The highest BCUT2D eigenvalue weighted by Gasteiger charge is 2.05. The largest absolute Gasteiger partial charge is 0.378 e. The number of nitrogens with one attached hydrogen (secondary N) is 1. The second-order valence-corrected chi connectivity index (χ2v) is 5.14. The van der Waals surface area contributed by atoms with E-state index in [0.29, 0.717) is 13.0 Å². The van der Waals surface area contributed by atoms with Crippen molar-refractivity contribution in [2.45, 2.75) is 26.4 Å². The molecule has 1 heterocycles. The van der Waals surface area contributed by atoms with Crippen molar-refractivity contribution in [1.82, 2.24) is 14.5 Å². The van der Waals surface area contributed by atoms with Gasteiger partial charge < -0.3 is 14.8 Å². The van der Waals surface area contributed by atoms with Gasteiger partial charge in [0.25, 0.3) is 0 Å². The lowest BCUT2D eigenvalue weighted by molar-refractivity contribution is -0.127. The van der Waals surface area contributed by atoms with Crippen LogP contribution in [0.25, 0.3) is 0 Å². The molecule has 0 saturated heterocycles. The summed E-state index contributed by atoms with van der Waals surface area (Å²) in [7, 11) is 3.54. The van der Waals surface area contributed by atoms with Gasteiger partial charge in [-0.15, -0.1) is 0 Å². The molecule has 1 aromatic carbocycles. The highest BCUT2D eigenvalue weighted by molar-refractivity contribution is 5.78. The van der Waals surface area contributed by atoms with Gasteiger partial charge in [-0.3, -0.25) is 4.79 Å². The van der Waals surface area contributed by atoms with Crippen molar-refractivity contribution >= 4 is 11.6 Å². The average molecular weight is 286 g/mol. The number of nitrogens with zero attached hydrogens (tertiary/aromatic N) is 3. The van der Waals surface area contributed by atoms with Crippen molar-refractivity contribution in [3.05, 3.63) is 48.0 Å². The molecule has 0 radical (unpaired) electrons. The maximum atomic E-state index is 11.6. The predicted molar refractivity (Wildman–Crippen MR) is 84.1 cm³/mol. The molecule has 0 saturated carbocycles. The van der Waals surface area contributed by atoms with Crippen LogP contribution in [0.4, 0.5) is 5.69 Å². The first-order valence-electron chi connectivity index (χ1n) is 7.13. The summed E-state index contributed by atoms with van der Waals surface area (Å²) in [5.74, 6) is 1.13. The second-order valence-electron chi connectivity index (χ2n) is 5.14. The van der Waals surface area contributed by atoms with Crippen LogP contribution in [0.2, 0.25) is 0 Å². The lowest BCUT2D eigenvalue weighted by Gasteiger charge is -2.11. The molecule has 1 N–H and O–H groups in total.